The average Bonchev–Trinajstić information content (AvgIpc) is 3.19. The topological polar surface area (TPSA) is 88.5 Å². The summed E-state index contributed by atoms with van der Waals surface area (Å²) in [6.07, 6.45) is 20.4. The number of amides is 1. The van der Waals surface area contributed by atoms with Gasteiger partial charge in [0.25, 0.3) is 0 Å². The third-order valence-electron chi connectivity index (χ3n) is 8.59. The van der Waals surface area contributed by atoms with Gasteiger partial charge in [0.15, 0.2) is 5.71 Å². The predicted molar refractivity (Wildman–Crippen MR) is 248 cm³/mol. The number of nitrogens with zero attached hydrogens (tertiary/aromatic N) is 2. The second-order valence-corrected chi connectivity index (χ2v) is 14.5. The maximum atomic E-state index is 10.7. The van der Waals surface area contributed by atoms with Crippen molar-refractivity contribution >= 4 is 40.8 Å². The molecule has 57 heavy (non-hydrogen) atoms. The number of hydrazine groups is 2. The number of benzene rings is 2. The number of carbonyl (C=O) groups is 2. The average molecular weight is 774 g/mol. The highest BCUT2D eigenvalue weighted by Gasteiger charge is 2.20. The fraction of sp³-hybridized carbons (Fsp3) is 0.327. The Kier molecular flexibility index (Phi) is 23.7. The molecule has 1 amide bonds. The minimum Gasteiger partial charge on any atom is -0.378 e. The number of rotatable bonds is 14. The van der Waals surface area contributed by atoms with Crippen LogP contribution in [-0.4, -0.2) is 71.3 Å². The van der Waals surface area contributed by atoms with E-state index in [0.29, 0.717) is 25.1 Å². The molecule has 0 radical (unpaired) electrons. The molecule has 0 aliphatic heterocycles. The Morgan fingerprint density at radius 2 is 1.42 bits per heavy atom. The van der Waals surface area contributed by atoms with Crippen LogP contribution in [0, 0.1) is 6.92 Å². The summed E-state index contributed by atoms with van der Waals surface area (Å²) in [4.78, 5) is 22.3. The summed E-state index contributed by atoms with van der Waals surface area (Å²) in [6.45, 7) is 24.4. The molecule has 2 aromatic rings. The van der Waals surface area contributed by atoms with Crippen molar-refractivity contribution in [2.75, 3.05) is 53.2 Å². The van der Waals surface area contributed by atoms with Gasteiger partial charge < -0.3 is 4.90 Å². The van der Waals surface area contributed by atoms with E-state index in [-0.39, 0.29) is 0 Å². The lowest BCUT2D eigenvalue weighted by Gasteiger charge is -2.23. The van der Waals surface area contributed by atoms with Crippen LogP contribution in [0.3, 0.4) is 0 Å². The van der Waals surface area contributed by atoms with E-state index in [4.69, 9.17) is 0 Å². The van der Waals surface area contributed by atoms with Gasteiger partial charge in [0.05, 0.1) is 0 Å². The van der Waals surface area contributed by atoms with E-state index in [0.717, 1.165) is 29.4 Å². The van der Waals surface area contributed by atoms with Crippen LogP contribution >= 0.6 is 0 Å². The third-order valence-corrected chi connectivity index (χ3v) is 8.59. The minimum atomic E-state index is 0.439. The molecule has 0 saturated heterocycles. The van der Waals surface area contributed by atoms with Gasteiger partial charge in [-0.2, -0.15) is 0 Å². The maximum Gasteiger partial charge on any atom is 0.221 e. The van der Waals surface area contributed by atoms with Crippen molar-refractivity contribution in [1.29, 1.82) is 0 Å². The van der Waals surface area contributed by atoms with E-state index in [9.17, 15) is 9.59 Å². The molecule has 8 nitrogen and oxygen atoms in total. The molecule has 8 heteroatoms. The molecular formula is C49H69N6O2+. The van der Waals surface area contributed by atoms with Crippen molar-refractivity contribution in [3.05, 3.63) is 155 Å². The number of carbonyl (C=O) groups excluding carboxylic acids is 2. The van der Waals surface area contributed by atoms with E-state index in [1.165, 1.54) is 68.8 Å². The zero-order valence-electron chi connectivity index (χ0n) is 36.6. The predicted octanol–water partition coefficient (Wildman–Crippen LogP) is 9.13. The van der Waals surface area contributed by atoms with Crippen LogP contribution in [0.4, 0.5) is 5.69 Å². The number of aldehydes is 1. The fourth-order valence-electron chi connectivity index (χ4n) is 5.47. The molecule has 0 atom stereocenters. The van der Waals surface area contributed by atoms with E-state index in [1.54, 1.807) is 6.92 Å². The molecule has 0 aromatic heterocycles. The van der Waals surface area contributed by atoms with Crippen molar-refractivity contribution < 1.29 is 14.2 Å². The van der Waals surface area contributed by atoms with Crippen LogP contribution in [0.1, 0.15) is 76.1 Å². The number of hydrogen-bond acceptors (Lipinski definition) is 6. The molecule has 306 valence electrons. The van der Waals surface area contributed by atoms with Gasteiger partial charge >= 0.3 is 0 Å². The minimum absolute atomic E-state index is 0.439. The SMILES string of the molecule is C=C(C)C.C=C(C)C=O.C=C(CNNC=O)c1ccccc1/C(CNNC)=C1/C=CC(C(=C2C=CC(=[N+](C)C)C=C2)c2ccc(N(C)C)cc2C)=CC1.CCCC. The molecule has 4 rings (SSSR count). The van der Waals surface area contributed by atoms with E-state index in [1.807, 2.05) is 27.0 Å². The van der Waals surface area contributed by atoms with Crippen LogP contribution in [0.15, 0.2) is 133 Å². The lowest BCUT2D eigenvalue weighted by Crippen LogP contribution is -2.32. The van der Waals surface area contributed by atoms with E-state index in [2.05, 4.69) is 179 Å². The van der Waals surface area contributed by atoms with Gasteiger partial charge in [0.2, 0.25) is 6.41 Å². The summed E-state index contributed by atoms with van der Waals surface area (Å²) in [5.74, 6) is 0. The molecule has 0 heterocycles. The molecule has 2 aliphatic carbocycles. The normalized spacial score (nSPS) is 13.3. The van der Waals surface area contributed by atoms with Crippen molar-refractivity contribution in [1.82, 2.24) is 21.7 Å². The molecular weight excluding hydrogens is 705 g/mol. The second-order valence-electron chi connectivity index (χ2n) is 14.5. The molecule has 0 fully saturated rings. The Bertz CT molecular complexity index is 1890. The van der Waals surface area contributed by atoms with E-state index < -0.39 is 0 Å². The van der Waals surface area contributed by atoms with E-state index >= 15 is 0 Å². The van der Waals surface area contributed by atoms with Crippen LogP contribution in [-0.2, 0) is 9.59 Å². The first-order valence-electron chi connectivity index (χ1n) is 19.5. The van der Waals surface area contributed by atoms with Crippen molar-refractivity contribution in [3.63, 3.8) is 0 Å². The van der Waals surface area contributed by atoms with Crippen molar-refractivity contribution in [3.8, 4) is 0 Å². The van der Waals surface area contributed by atoms with Gasteiger partial charge in [-0.1, -0.05) is 94.0 Å². The standard InChI is InChI=1S/C37H44N6O.C4H6O.C4H8.C4H10/c1-26-22-32(43(6)7)20-21-34(26)37(30-16-18-31(19-17-30)42(4)5)29-14-12-28(13-15-29)36(24-39-38-3)35-11-9-8-10-33(35)27(2)23-40-41-25-44;1-4(2)3-5;1-4(2)3;1-3-4-2/h8-12,14-22,25,38-40H,2,13,23-24H2,1,3-7H3;3H,1H2,2H3;1H2,2-3H3;3-4H2,1-2H3/p+1/b36-28-;;;. The largest absolute Gasteiger partial charge is 0.378 e. The highest BCUT2D eigenvalue weighted by Crippen LogP contribution is 2.38. The monoisotopic (exact) mass is 774 g/mol. The lowest BCUT2D eigenvalue weighted by atomic mass is 9.83. The number of unbranched alkanes of at least 4 members (excludes halogenated alkanes) is 1. The highest BCUT2D eigenvalue weighted by atomic mass is 16.1. The van der Waals surface area contributed by atoms with Gasteiger partial charge in [0.1, 0.15) is 20.4 Å². The number of allylic oxidation sites excluding steroid dienone is 13. The molecule has 0 unspecified atom stereocenters. The summed E-state index contributed by atoms with van der Waals surface area (Å²) in [7, 11) is 10.2. The van der Waals surface area contributed by atoms with Crippen LogP contribution < -0.4 is 26.6 Å². The molecule has 2 aliphatic rings. The zero-order valence-corrected chi connectivity index (χ0v) is 36.6. The van der Waals surface area contributed by atoms with Gasteiger partial charge in [-0.15, -0.1) is 6.58 Å². The summed E-state index contributed by atoms with van der Waals surface area (Å²) < 4.78 is 2.12. The number of anilines is 1. The molecule has 0 bridgehead atoms. The quantitative estimate of drug-likeness (QED) is 0.0383. The smallest absolute Gasteiger partial charge is 0.221 e. The third kappa shape index (κ3) is 17.5. The summed E-state index contributed by atoms with van der Waals surface area (Å²) in [5, 5.41) is 0. The number of aryl methyl sites for hydroxylation is 1. The van der Waals surface area contributed by atoms with Crippen molar-refractivity contribution in [2.45, 2.75) is 60.8 Å². The Labute approximate surface area is 344 Å². The molecule has 0 saturated carbocycles. The fourth-order valence-corrected chi connectivity index (χ4v) is 5.47. The Morgan fingerprint density at radius 1 is 0.825 bits per heavy atom. The van der Waals surface area contributed by atoms with Crippen LogP contribution in [0.5, 0.6) is 0 Å². The molecule has 2 aromatic carbocycles. The highest BCUT2D eigenvalue weighted by molar-refractivity contribution is 6.04. The van der Waals surface area contributed by atoms with Crippen LogP contribution in [0.2, 0.25) is 0 Å². The first kappa shape index (κ1) is 49.6. The van der Waals surface area contributed by atoms with Gasteiger partial charge in [-0.05, 0) is 127 Å². The zero-order chi connectivity index (χ0) is 42.9. The van der Waals surface area contributed by atoms with Gasteiger partial charge in [-0.3, -0.25) is 25.9 Å². The summed E-state index contributed by atoms with van der Waals surface area (Å²) in [6, 6.07) is 15.0. The first-order valence-corrected chi connectivity index (χ1v) is 19.5. The lowest BCUT2D eigenvalue weighted by molar-refractivity contribution is -0.462. The number of hydrogen-bond donors (Lipinski definition) is 4. The van der Waals surface area contributed by atoms with Gasteiger partial charge in [-0.25, -0.2) is 10.0 Å². The summed E-state index contributed by atoms with van der Waals surface area (Å²) in [5.41, 5.74) is 27.5. The molecule has 4 N–H and O–H groups in total. The Hall–Kier alpha value is -5.41. The number of nitrogens with one attached hydrogen (secondary N) is 4. The Balaban J connectivity index is 0.00000108. The molecule has 0 spiro atoms. The van der Waals surface area contributed by atoms with Gasteiger partial charge in [0, 0.05) is 45.0 Å². The Morgan fingerprint density at radius 3 is 1.88 bits per heavy atom. The second kappa shape index (κ2) is 27.2. The first-order chi connectivity index (χ1) is 27.2. The van der Waals surface area contributed by atoms with Crippen LogP contribution in [0.25, 0.3) is 16.7 Å². The summed E-state index contributed by atoms with van der Waals surface area (Å²) >= 11 is 0. The van der Waals surface area contributed by atoms with Crippen molar-refractivity contribution in [2.24, 2.45) is 0 Å². The maximum absolute atomic E-state index is 10.7.